The number of nitrogens with two attached hydrogens (primary N) is 1. The highest BCUT2D eigenvalue weighted by atomic mass is 79.9. The van der Waals surface area contributed by atoms with E-state index in [1.165, 1.54) is 6.07 Å². The lowest BCUT2D eigenvalue weighted by Gasteiger charge is -2.08. The van der Waals surface area contributed by atoms with Crippen molar-refractivity contribution in [3.63, 3.8) is 0 Å². The number of nitrogens with zero attached hydrogens (tertiary/aromatic N) is 2. The fourth-order valence-electron chi connectivity index (χ4n) is 1.46. The van der Waals surface area contributed by atoms with Gasteiger partial charge in [0.05, 0.1) is 10.5 Å². The lowest BCUT2D eigenvalue weighted by Crippen LogP contribution is -2.13. The first-order valence-corrected chi connectivity index (χ1v) is 6.32. The van der Waals surface area contributed by atoms with Gasteiger partial charge in [0.2, 0.25) is 5.89 Å². The molecule has 2 aromatic rings. The molecule has 1 atom stereocenters. The number of benzene rings is 1. The Hall–Kier alpha value is -1.27. The third kappa shape index (κ3) is 2.59. The van der Waals surface area contributed by atoms with Gasteiger partial charge in [-0.05, 0) is 33.6 Å². The van der Waals surface area contributed by atoms with Crippen LogP contribution in [0.15, 0.2) is 27.2 Å². The Morgan fingerprint density at radius 1 is 1.39 bits per heavy atom. The van der Waals surface area contributed by atoms with E-state index in [1.54, 1.807) is 12.1 Å². The molecule has 0 amide bonds. The lowest BCUT2D eigenvalue weighted by molar-refractivity contribution is 0.359. The second-order valence-electron chi connectivity index (χ2n) is 4.30. The number of aromatic nitrogens is 2. The van der Waals surface area contributed by atoms with Crippen LogP contribution in [0.1, 0.15) is 43.1 Å². The summed E-state index contributed by atoms with van der Waals surface area (Å²) < 4.78 is 18.6. The van der Waals surface area contributed by atoms with Crippen molar-refractivity contribution in [2.75, 3.05) is 0 Å². The van der Waals surface area contributed by atoms with Gasteiger partial charge in [0.15, 0.2) is 5.82 Å². The SMILES string of the molecule is CC(C)c1nc(C(N)c2ccc(F)c(Br)c2)no1. The Kier molecular flexibility index (Phi) is 3.77. The van der Waals surface area contributed by atoms with E-state index in [1.807, 2.05) is 13.8 Å². The molecular weight excluding hydrogens is 301 g/mol. The van der Waals surface area contributed by atoms with Crippen LogP contribution in [-0.2, 0) is 0 Å². The van der Waals surface area contributed by atoms with Gasteiger partial charge in [0.1, 0.15) is 5.82 Å². The molecule has 1 heterocycles. The average Bonchev–Trinajstić information content (AvgIpc) is 2.81. The fourth-order valence-corrected chi connectivity index (χ4v) is 1.86. The molecule has 0 radical (unpaired) electrons. The predicted octanol–water partition coefficient (Wildman–Crippen LogP) is 3.14. The minimum atomic E-state index is -0.529. The Morgan fingerprint density at radius 3 is 2.67 bits per heavy atom. The molecule has 0 spiro atoms. The molecule has 2 rings (SSSR count). The van der Waals surface area contributed by atoms with Gasteiger partial charge >= 0.3 is 0 Å². The van der Waals surface area contributed by atoms with E-state index in [9.17, 15) is 4.39 Å². The maximum atomic E-state index is 13.1. The summed E-state index contributed by atoms with van der Waals surface area (Å²) in [7, 11) is 0. The maximum absolute atomic E-state index is 13.1. The molecule has 0 aliphatic carbocycles. The second kappa shape index (κ2) is 5.16. The average molecular weight is 314 g/mol. The summed E-state index contributed by atoms with van der Waals surface area (Å²) in [5.41, 5.74) is 6.74. The molecular formula is C12H13BrFN3O. The van der Waals surface area contributed by atoms with E-state index < -0.39 is 6.04 Å². The Labute approximate surface area is 113 Å². The van der Waals surface area contributed by atoms with Crippen molar-refractivity contribution < 1.29 is 8.91 Å². The first kappa shape index (κ1) is 13.2. The molecule has 2 N–H and O–H groups in total. The van der Waals surface area contributed by atoms with Crippen LogP contribution in [0.2, 0.25) is 0 Å². The molecule has 0 aliphatic rings. The van der Waals surface area contributed by atoms with E-state index in [0.717, 1.165) is 5.56 Å². The Morgan fingerprint density at radius 2 is 2.11 bits per heavy atom. The molecule has 0 fully saturated rings. The first-order chi connectivity index (χ1) is 8.49. The molecule has 0 saturated carbocycles. The minimum absolute atomic E-state index is 0.151. The number of hydrogen-bond acceptors (Lipinski definition) is 4. The summed E-state index contributed by atoms with van der Waals surface area (Å²) in [4.78, 5) is 4.23. The van der Waals surface area contributed by atoms with Crippen molar-refractivity contribution in [2.45, 2.75) is 25.8 Å². The van der Waals surface area contributed by atoms with E-state index in [-0.39, 0.29) is 11.7 Å². The smallest absolute Gasteiger partial charge is 0.229 e. The zero-order valence-electron chi connectivity index (χ0n) is 10.0. The van der Waals surface area contributed by atoms with Crippen LogP contribution in [0.4, 0.5) is 4.39 Å². The van der Waals surface area contributed by atoms with Gasteiger partial charge in [-0.3, -0.25) is 0 Å². The maximum Gasteiger partial charge on any atom is 0.229 e. The fraction of sp³-hybridized carbons (Fsp3) is 0.333. The zero-order valence-corrected chi connectivity index (χ0v) is 11.6. The quantitative estimate of drug-likeness (QED) is 0.945. The normalized spacial score (nSPS) is 13.0. The molecule has 96 valence electrons. The van der Waals surface area contributed by atoms with E-state index in [0.29, 0.717) is 16.2 Å². The summed E-state index contributed by atoms with van der Waals surface area (Å²) in [6, 6.07) is 4.04. The van der Waals surface area contributed by atoms with E-state index in [2.05, 4.69) is 26.1 Å². The second-order valence-corrected chi connectivity index (χ2v) is 5.15. The standard InChI is InChI=1S/C12H13BrFN3O/c1-6(2)12-16-11(17-18-12)10(15)7-3-4-9(14)8(13)5-7/h3-6,10H,15H2,1-2H3. The number of halogens is 2. The highest BCUT2D eigenvalue weighted by Gasteiger charge is 2.18. The lowest BCUT2D eigenvalue weighted by atomic mass is 10.1. The van der Waals surface area contributed by atoms with E-state index >= 15 is 0 Å². The number of hydrogen-bond donors (Lipinski definition) is 1. The molecule has 0 saturated heterocycles. The molecule has 0 bridgehead atoms. The van der Waals surface area contributed by atoms with Gasteiger partial charge in [-0.2, -0.15) is 4.98 Å². The highest BCUT2D eigenvalue weighted by Crippen LogP contribution is 2.24. The van der Waals surface area contributed by atoms with Crippen molar-refractivity contribution in [3.8, 4) is 0 Å². The molecule has 1 aromatic heterocycles. The Balaban J connectivity index is 2.29. The Bertz CT molecular complexity index is 556. The van der Waals surface area contributed by atoms with Crippen LogP contribution >= 0.6 is 15.9 Å². The van der Waals surface area contributed by atoms with Crippen LogP contribution in [-0.4, -0.2) is 10.1 Å². The molecule has 1 aromatic carbocycles. The highest BCUT2D eigenvalue weighted by molar-refractivity contribution is 9.10. The molecule has 6 heteroatoms. The summed E-state index contributed by atoms with van der Waals surface area (Å²) in [5, 5.41) is 3.85. The third-order valence-electron chi connectivity index (χ3n) is 2.53. The van der Waals surface area contributed by atoms with Gasteiger partial charge in [-0.25, -0.2) is 4.39 Å². The van der Waals surface area contributed by atoms with Crippen LogP contribution in [0, 0.1) is 5.82 Å². The summed E-state index contributed by atoms with van der Waals surface area (Å²) in [5.74, 6) is 0.763. The minimum Gasteiger partial charge on any atom is -0.339 e. The van der Waals surface area contributed by atoms with Gasteiger partial charge < -0.3 is 10.3 Å². The molecule has 4 nitrogen and oxygen atoms in total. The van der Waals surface area contributed by atoms with Gasteiger partial charge in [0, 0.05) is 5.92 Å². The summed E-state index contributed by atoms with van der Waals surface area (Å²) in [6.07, 6.45) is 0. The number of rotatable bonds is 3. The van der Waals surface area contributed by atoms with Crippen molar-refractivity contribution >= 4 is 15.9 Å². The molecule has 1 unspecified atom stereocenters. The van der Waals surface area contributed by atoms with Crippen LogP contribution in [0.5, 0.6) is 0 Å². The largest absolute Gasteiger partial charge is 0.339 e. The molecule has 0 aliphatic heterocycles. The zero-order chi connectivity index (χ0) is 13.3. The van der Waals surface area contributed by atoms with Gasteiger partial charge in [-0.15, -0.1) is 0 Å². The van der Waals surface area contributed by atoms with Gasteiger partial charge in [-0.1, -0.05) is 25.1 Å². The van der Waals surface area contributed by atoms with Crippen molar-refractivity contribution in [2.24, 2.45) is 5.73 Å². The van der Waals surface area contributed by atoms with Crippen LogP contribution in [0.3, 0.4) is 0 Å². The van der Waals surface area contributed by atoms with Crippen molar-refractivity contribution in [1.82, 2.24) is 10.1 Å². The predicted molar refractivity (Wildman–Crippen MR) is 68.5 cm³/mol. The van der Waals surface area contributed by atoms with Gasteiger partial charge in [0.25, 0.3) is 0 Å². The van der Waals surface area contributed by atoms with Crippen LogP contribution in [0.25, 0.3) is 0 Å². The first-order valence-electron chi connectivity index (χ1n) is 5.53. The van der Waals surface area contributed by atoms with Crippen molar-refractivity contribution in [1.29, 1.82) is 0 Å². The monoisotopic (exact) mass is 313 g/mol. The summed E-state index contributed by atoms with van der Waals surface area (Å²) in [6.45, 7) is 3.91. The van der Waals surface area contributed by atoms with Crippen LogP contribution < -0.4 is 5.73 Å². The summed E-state index contributed by atoms with van der Waals surface area (Å²) >= 11 is 3.12. The topological polar surface area (TPSA) is 64.9 Å². The molecule has 18 heavy (non-hydrogen) atoms. The van der Waals surface area contributed by atoms with Crippen molar-refractivity contribution in [3.05, 3.63) is 45.8 Å². The van der Waals surface area contributed by atoms with E-state index in [4.69, 9.17) is 10.3 Å². The third-order valence-corrected chi connectivity index (χ3v) is 3.14.